The summed E-state index contributed by atoms with van der Waals surface area (Å²) in [5.41, 5.74) is 3.60. The molecule has 23 heavy (non-hydrogen) atoms. The van der Waals surface area contributed by atoms with Gasteiger partial charge < -0.3 is 9.64 Å². The van der Waals surface area contributed by atoms with Crippen LogP contribution in [0.3, 0.4) is 0 Å². The predicted molar refractivity (Wildman–Crippen MR) is 93.7 cm³/mol. The van der Waals surface area contributed by atoms with Gasteiger partial charge in [-0.1, -0.05) is 23.7 Å². The molecular weight excluding hydrogens is 310 g/mol. The van der Waals surface area contributed by atoms with Gasteiger partial charge in [-0.05, 0) is 54.3 Å². The lowest BCUT2D eigenvalue weighted by Gasteiger charge is -2.29. The van der Waals surface area contributed by atoms with Crippen molar-refractivity contribution in [1.29, 1.82) is 0 Å². The number of rotatable bonds is 4. The Labute approximate surface area is 141 Å². The zero-order chi connectivity index (χ0) is 16.4. The van der Waals surface area contributed by atoms with Crippen molar-refractivity contribution in [3.8, 4) is 5.75 Å². The summed E-state index contributed by atoms with van der Waals surface area (Å²) in [6.45, 7) is 4.36. The number of ether oxygens (including phenoxy) is 1. The molecule has 2 aromatic rings. The third-order valence-electron chi connectivity index (χ3n) is 4.11. The first-order valence-electron chi connectivity index (χ1n) is 7.52. The minimum Gasteiger partial charge on any atom is -0.497 e. The highest BCUT2D eigenvalue weighted by Crippen LogP contribution is 2.30. The minimum atomic E-state index is 0.00133. The zero-order valence-corrected chi connectivity index (χ0v) is 13.8. The van der Waals surface area contributed by atoms with E-state index in [-0.39, 0.29) is 5.91 Å². The molecule has 0 N–H and O–H groups in total. The second-order valence-electron chi connectivity index (χ2n) is 5.50. The van der Waals surface area contributed by atoms with E-state index < -0.39 is 0 Å². The molecule has 0 spiro atoms. The van der Waals surface area contributed by atoms with Crippen molar-refractivity contribution >= 4 is 23.2 Å². The highest BCUT2D eigenvalue weighted by atomic mass is 35.5. The fourth-order valence-corrected chi connectivity index (χ4v) is 3.12. The van der Waals surface area contributed by atoms with Gasteiger partial charge in [0.1, 0.15) is 5.75 Å². The second-order valence-corrected chi connectivity index (χ2v) is 5.91. The Morgan fingerprint density at radius 1 is 1.30 bits per heavy atom. The van der Waals surface area contributed by atoms with Crippen molar-refractivity contribution in [3.63, 3.8) is 0 Å². The van der Waals surface area contributed by atoms with E-state index in [2.05, 4.69) is 6.58 Å². The van der Waals surface area contributed by atoms with Crippen molar-refractivity contribution in [2.24, 2.45) is 0 Å². The molecule has 0 unspecified atom stereocenters. The van der Waals surface area contributed by atoms with E-state index in [1.165, 1.54) is 0 Å². The molecular formula is C19H18ClNO2. The van der Waals surface area contributed by atoms with E-state index in [0.717, 1.165) is 41.0 Å². The smallest absolute Gasteiger partial charge is 0.258 e. The summed E-state index contributed by atoms with van der Waals surface area (Å²) in [5.74, 6) is 0.781. The fraction of sp³-hybridized carbons (Fsp3) is 0.211. The van der Waals surface area contributed by atoms with Crippen LogP contribution < -0.4 is 9.64 Å². The van der Waals surface area contributed by atoms with Crippen LogP contribution in [0.4, 0.5) is 5.69 Å². The van der Waals surface area contributed by atoms with Crippen LogP contribution in [0.2, 0.25) is 5.02 Å². The average Bonchev–Trinajstić information content (AvgIpc) is 2.57. The Morgan fingerprint density at radius 2 is 2.13 bits per heavy atom. The third kappa shape index (κ3) is 2.97. The first-order valence-corrected chi connectivity index (χ1v) is 7.90. The molecule has 0 saturated carbocycles. The molecule has 1 aliphatic heterocycles. The number of carbonyl (C=O) groups excluding carboxylic acids is 1. The third-order valence-corrected chi connectivity index (χ3v) is 4.46. The number of methoxy groups -OCH3 is 1. The molecule has 4 heteroatoms. The van der Waals surface area contributed by atoms with Crippen LogP contribution in [-0.4, -0.2) is 19.6 Å². The largest absolute Gasteiger partial charge is 0.497 e. The van der Waals surface area contributed by atoms with Gasteiger partial charge in [-0.2, -0.15) is 0 Å². The molecule has 118 valence electrons. The van der Waals surface area contributed by atoms with Crippen LogP contribution >= 0.6 is 11.6 Å². The summed E-state index contributed by atoms with van der Waals surface area (Å²) in [7, 11) is 1.63. The highest BCUT2D eigenvalue weighted by molar-refractivity contribution is 6.31. The van der Waals surface area contributed by atoms with Gasteiger partial charge in [-0.15, -0.1) is 6.58 Å². The van der Waals surface area contributed by atoms with Crippen LogP contribution in [0.15, 0.2) is 49.1 Å². The molecule has 0 fully saturated rings. The van der Waals surface area contributed by atoms with E-state index in [4.69, 9.17) is 16.3 Å². The molecule has 0 aliphatic carbocycles. The zero-order valence-electron chi connectivity index (χ0n) is 13.0. The molecule has 0 saturated heterocycles. The molecule has 3 rings (SSSR count). The molecule has 0 bridgehead atoms. The first kappa shape index (κ1) is 15.6. The van der Waals surface area contributed by atoms with Crippen molar-refractivity contribution in [3.05, 3.63) is 70.8 Å². The number of allylic oxidation sites excluding steroid dienone is 1. The lowest BCUT2D eigenvalue weighted by atomic mass is 9.98. The van der Waals surface area contributed by atoms with Crippen LogP contribution in [-0.2, 0) is 12.8 Å². The highest BCUT2D eigenvalue weighted by Gasteiger charge is 2.26. The Hall–Kier alpha value is -2.26. The van der Waals surface area contributed by atoms with Gasteiger partial charge in [0.15, 0.2) is 0 Å². The van der Waals surface area contributed by atoms with Crippen molar-refractivity contribution < 1.29 is 9.53 Å². The molecule has 2 aromatic carbocycles. The van der Waals surface area contributed by atoms with E-state index in [1.54, 1.807) is 12.0 Å². The molecule has 0 aromatic heterocycles. The quantitative estimate of drug-likeness (QED) is 0.784. The van der Waals surface area contributed by atoms with E-state index >= 15 is 0 Å². The maximum atomic E-state index is 12.8. The van der Waals surface area contributed by atoms with E-state index in [1.807, 2.05) is 42.5 Å². The molecule has 1 aliphatic rings. The molecule has 0 radical (unpaired) electrons. The monoisotopic (exact) mass is 327 g/mol. The summed E-state index contributed by atoms with van der Waals surface area (Å²) in [6, 6.07) is 11.3. The number of carbonyl (C=O) groups is 1. The number of benzene rings is 2. The molecule has 1 heterocycles. The van der Waals surface area contributed by atoms with E-state index in [9.17, 15) is 4.79 Å². The number of amides is 1. The summed E-state index contributed by atoms with van der Waals surface area (Å²) in [5, 5.41) is 0.663. The van der Waals surface area contributed by atoms with Gasteiger partial charge in [-0.25, -0.2) is 0 Å². The number of hydrogen-bond donors (Lipinski definition) is 0. The Morgan fingerprint density at radius 3 is 2.83 bits per heavy atom. The fourth-order valence-electron chi connectivity index (χ4n) is 2.86. The standard InChI is InChI=1S/C19H18ClNO2/c1-3-4-13-5-6-15(12-18(13)20)21-10-9-14-11-16(23-2)7-8-17(14)19(21)22/h3,5-8,11-12H,1,4,9-10H2,2H3. The van der Waals surface area contributed by atoms with Gasteiger partial charge in [0.25, 0.3) is 5.91 Å². The minimum absolute atomic E-state index is 0.00133. The number of anilines is 1. The average molecular weight is 328 g/mol. The lowest BCUT2D eigenvalue weighted by molar-refractivity contribution is 0.0980. The maximum Gasteiger partial charge on any atom is 0.258 e. The Bertz CT molecular complexity index is 770. The van der Waals surface area contributed by atoms with Crippen LogP contribution in [0.25, 0.3) is 0 Å². The Kier molecular flexibility index (Phi) is 4.39. The van der Waals surface area contributed by atoms with Gasteiger partial charge in [0, 0.05) is 22.8 Å². The van der Waals surface area contributed by atoms with Gasteiger partial charge >= 0.3 is 0 Å². The molecule has 1 amide bonds. The first-order chi connectivity index (χ1) is 11.1. The van der Waals surface area contributed by atoms with Gasteiger partial charge in [-0.3, -0.25) is 4.79 Å². The molecule has 0 atom stereocenters. The van der Waals surface area contributed by atoms with Crippen LogP contribution in [0.1, 0.15) is 21.5 Å². The Balaban J connectivity index is 1.91. The lowest BCUT2D eigenvalue weighted by Crippen LogP contribution is -2.37. The normalized spacial score (nSPS) is 13.7. The summed E-state index contributed by atoms with van der Waals surface area (Å²) in [4.78, 5) is 14.5. The summed E-state index contributed by atoms with van der Waals surface area (Å²) >= 11 is 6.31. The predicted octanol–water partition coefficient (Wildman–Crippen LogP) is 4.28. The number of halogens is 1. The summed E-state index contributed by atoms with van der Waals surface area (Å²) in [6.07, 6.45) is 3.33. The summed E-state index contributed by atoms with van der Waals surface area (Å²) < 4.78 is 5.23. The van der Waals surface area contributed by atoms with Crippen molar-refractivity contribution in [2.75, 3.05) is 18.6 Å². The SMILES string of the molecule is C=CCc1ccc(N2CCc3cc(OC)ccc3C2=O)cc1Cl. The second kappa shape index (κ2) is 6.47. The topological polar surface area (TPSA) is 29.5 Å². The van der Waals surface area contributed by atoms with Gasteiger partial charge in [0.2, 0.25) is 0 Å². The van der Waals surface area contributed by atoms with Crippen LogP contribution in [0.5, 0.6) is 5.75 Å². The van der Waals surface area contributed by atoms with E-state index in [0.29, 0.717) is 11.6 Å². The number of hydrogen-bond acceptors (Lipinski definition) is 2. The van der Waals surface area contributed by atoms with Crippen molar-refractivity contribution in [2.45, 2.75) is 12.8 Å². The molecule has 3 nitrogen and oxygen atoms in total. The van der Waals surface area contributed by atoms with Crippen molar-refractivity contribution in [1.82, 2.24) is 0 Å². The maximum absolute atomic E-state index is 12.8. The number of nitrogens with zero attached hydrogens (tertiary/aromatic N) is 1. The van der Waals surface area contributed by atoms with Gasteiger partial charge in [0.05, 0.1) is 7.11 Å². The van der Waals surface area contributed by atoms with Crippen LogP contribution in [0, 0.1) is 0 Å². The number of fused-ring (bicyclic) bond motifs is 1.